The molecule has 184 valence electrons. The van der Waals surface area contributed by atoms with E-state index in [0.29, 0.717) is 5.41 Å². The lowest BCUT2D eigenvalue weighted by molar-refractivity contribution is -0.0897. The quantitative estimate of drug-likeness (QED) is 0.474. The molecule has 2 aromatic carbocycles. The van der Waals surface area contributed by atoms with Crippen molar-refractivity contribution in [2.75, 3.05) is 13.1 Å². The minimum Gasteiger partial charge on any atom is -0.507 e. The van der Waals surface area contributed by atoms with Crippen LogP contribution >= 0.6 is 0 Å². The SMILES string of the molecule is CCN(CC)C(C)CC12CC3CC(CC(C3)C1c1ccccc1)C2.O=C(O)c1ccccc1O. The van der Waals surface area contributed by atoms with E-state index >= 15 is 0 Å². The van der Waals surface area contributed by atoms with E-state index in [1.54, 1.807) is 24.1 Å². The molecular formula is C30H41NO3. The smallest absolute Gasteiger partial charge is 0.339 e. The third-order valence-electron chi connectivity index (χ3n) is 8.89. The van der Waals surface area contributed by atoms with Gasteiger partial charge < -0.3 is 15.1 Å². The molecule has 4 bridgehead atoms. The Labute approximate surface area is 205 Å². The fraction of sp³-hybridized carbons (Fsp3) is 0.567. The summed E-state index contributed by atoms with van der Waals surface area (Å²) >= 11 is 0. The molecule has 34 heavy (non-hydrogen) atoms. The van der Waals surface area contributed by atoms with Crippen LogP contribution in [0.3, 0.4) is 0 Å². The molecule has 4 saturated carbocycles. The van der Waals surface area contributed by atoms with E-state index in [9.17, 15) is 4.79 Å². The van der Waals surface area contributed by atoms with Crippen LogP contribution in [-0.2, 0) is 0 Å². The number of carbonyl (C=O) groups is 1. The Balaban J connectivity index is 0.000000231. The number of benzene rings is 2. The standard InChI is InChI=1S/C23H35N.C7H6O3/c1-4-24(5-2)17(3)14-23-15-18-11-19(16-23)13-21(12-18)22(23)20-9-7-6-8-10-20;8-6-4-2-1-3-5(6)7(9)10/h6-10,17-19,21-22H,4-5,11-16H2,1-3H3;1-4,8H,(H,9,10). The van der Waals surface area contributed by atoms with Crippen LogP contribution in [0.1, 0.15) is 81.1 Å². The number of hydrogen-bond acceptors (Lipinski definition) is 3. The molecule has 2 aromatic rings. The van der Waals surface area contributed by atoms with Crippen LogP contribution in [0.2, 0.25) is 0 Å². The predicted octanol–water partition coefficient (Wildman–Crippen LogP) is 6.81. The lowest BCUT2D eigenvalue weighted by Gasteiger charge is -2.62. The average Bonchev–Trinajstić information content (AvgIpc) is 2.80. The average molecular weight is 464 g/mol. The monoisotopic (exact) mass is 463 g/mol. The van der Waals surface area contributed by atoms with E-state index in [-0.39, 0.29) is 11.3 Å². The van der Waals surface area contributed by atoms with Crippen molar-refractivity contribution in [2.45, 2.75) is 71.3 Å². The molecule has 4 heteroatoms. The van der Waals surface area contributed by atoms with Crippen molar-refractivity contribution in [3.05, 3.63) is 65.7 Å². The summed E-state index contributed by atoms with van der Waals surface area (Å²) in [5, 5.41) is 17.3. The lowest BCUT2D eigenvalue weighted by atomic mass is 9.43. The number of hydrogen-bond donors (Lipinski definition) is 2. The summed E-state index contributed by atoms with van der Waals surface area (Å²) in [5.74, 6) is 2.54. The van der Waals surface area contributed by atoms with E-state index < -0.39 is 5.97 Å². The fourth-order valence-electron chi connectivity index (χ4n) is 8.01. The highest BCUT2D eigenvalue weighted by molar-refractivity contribution is 5.90. The van der Waals surface area contributed by atoms with Gasteiger partial charge in [-0.15, -0.1) is 0 Å². The minimum atomic E-state index is -1.11. The molecule has 4 nitrogen and oxygen atoms in total. The Morgan fingerprint density at radius 2 is 1.56 bits per heavy atom. The third kappa shape index (κ3) is 5.02. The van der Waals surface area contributed by atoms with E-state index in [4.69, 9.17) is 10.2 Å². The molecule has 6 rings (SSSR count). The summed E-state index contributed by atoms with van der Waals surface area (Å²) in [5.41, 5.74) is 2.16. The molecule has 0 aliphatic heterocycles. The number of aromatic carboxylic acids is 1. The molecule has 0 heterocycles. The van der Waals surface area contributed by atoms with E-state index in [2.05, 4.69) is 56.0 Å². The fourth-order valence-corrected chi connectivity index (χ4v) is 8.01. The molecular weight excluding hydrogens is 422 g/mol. The van der Waals surface area contributed by atoms with Crippen LogP contribution in [-0.4, -0.2) is 40.2 Å². The van der Waals surface area contributed by atoms with Crippen molar-refractivity contribution in [1.82, 2.24) is 4.90 Å². The molecule has 0 amide bonds. The van der Waals surface area contributed by atoms with Gasteiger partial charge in [0, 0.05) is 6.04 Å². The van der Waals surface area contributed by atoms with Gasteiger partial charge in [0.15, 0.2) is 0 Å². The molecule has 4 unspecified atom stereocenters. The summed E-state index contributed by atoms with van der Waals surface area (Å²) in [6, 6.07) is 18.1. The zero-order valence-corrected chi connectivity index (χ0v) is 21.0. The summed E-state index contributed by atoms with van der Waals surface area (Å²) in [7, 11) is 0. The largest absolute Gasteiger partial charge is 0.507 e. The van der Waals surface area contributed by atoms with Gasteiger partial charge in [-0.05, 0) is 105 Å². The molecule has 0 aromatic heterocycles. The van der Waals surface area contributed by atoms with Gasteiger partial charge in [-0.2, -0.15) is 0 Å². The minimum absolute atomic E-state index is 0.0671. The van der Waals surface area contributed by atoms with Gasteiger partial charge in [-0.25, -0.2) is 4.79 Å². The van der Waals surface area contributed by atoms with Crippen molar-refractivity contribution in [2.24, 2.45) is 23.2 Å². The van der Waals surface area contributed by atoms with Crippen LogP contribution in [0.5, 0.6) is 5.75 Å². The molecule has 4 aliphatic rings. The normalized spacial score (nSPS) is 30.0. The topological polar surface area (TPSA) is 60.8 Å². The Bertz CT molecular complexity index is 941. The summed E-state index contributed by atoms with van der Waals surface area (Å²) in [6.07, 6.45) is 8.99. The first-order valence-corrected chi connectivity index (χ1v) is 13.2. The maximum absolute atomic E-state index is 10.3. The molecule has 2 N–H and O–H groups in total. The van der Waals surface area contributed by atoms with Gasteiger partial charge >= 0.3 is 5.97 Å². The Morgan fingerprint density at radius 3 is 2.09 bits per heavy atom. The van der Waals surface area contributed by atoms with Crippen LogP contribution < -0.4 is 0 Å². The highest BCUT2D eigenvalue weighted by Crippen LogP contribution is 2.67. The summed E-state index contributed by atoms with van der Waals surface area (Å²) < 4.78 is 0. The van der Waals surface area contributed by atoms with Gasteiger partial charge in [0.2, 0.25) is 0 Å². The third-order valence-corrected chi connectivity index (χ3v) is 8.89. The van der Waals surface area contributed by atoms with Crippen LogP contribution in [0.4, 0.5) is 0 Å². The first-order valence-electron chi connectivity index (χ1n) is 13.2. The van der Waals surface area contributed by atoms with Gasteiger partial charge in [0.05, 0.1) is 0 Å². The highest BCUT2D eigenvalue weighted by atomic mass is 16.4. The number of para-hydroxylation sites is 1. The van der Waals surface area contributed by atoms with Crippen LogP contribution in [0.15, 0.2) is 54.6 Å². The van der Waals surface area contributed by atoms with Crippen LogP contribution in [0, 0.1) is 23.2 Å². The second-order valence-corrected chi connectivity index (χ2v) is 11.0. The van der Waals surface area contributed by atoms with Crippen molar-refractivity contribution in [1.29, 1.82) is 0 Å². The van der Waals surface area contributed by atoms with E-state index in [1.807, 2.05) is 0 Å². The van der Waals surface area contributed by atoms with Gasteiger partial charge in [-0.3, -0.25) is 0 Å². The molecule has 4 aliphatic carbocycles. The van der Waals surface area contributed by atoms with E-state index in [0.717, 1.165) is 29.7 Å². The van der Waals surface area contributed by atoms with Crippen molar-refractivity contribution in [3.8, 4) is 5.75 Å². The van der Waals surface area contributed by atoms with E-state index in [1.165, 1.54) is 57.3 Å². The number of phenols is 1. The molecule has 4 atom stereocenters. The molecule has 0 radical (unpaired) electrons. The van der Waals surface area contributed by atoms with Gasteiger partial charge in [-0.1, -0.05) is 56.3 Å². The van der Waals surface area contributed by atoms with Crippen molar-refractivity contribution >= 4 is 5.97 Å². The number of rotatable bonds is 7. The van der Waals surface area contributed by atoms with Gasteiger partial charge in [0.25, 0.3) is 0 Å². The van der Waals surface area contributed by atoms with Crippen molar-refractivity contribution in [3.63, 3.8) is 0 Å². The number of nitrogens with zero attached hydrogens (tertiary/aromatic N) is 1. The zero-order valence-electron chi connectivity index (χ0n) is 21.0. The first kappa shape index (κ1) is 24.8. The first-order chi connectivity index (χ1) is 16.4. The van der Waals surface area contributed by atoms with Crippen LogP contribution in [0.25, 0.3) is 0 Å². The van der Waals surface area contributed by atoms with Gasteiger partial charge in [0.1, 0.15) is 11.3 Å². The Hall–Kier alpha value is -2.33. The molecule has 4 fully saturated rings. The number of aromatic hydroxyl groups is 1. The summed E-state index contributed by atoms with van der Waals surface area (Å²) in [4.78, 5) is 12.9. The highest BCUT2D eigenvalue weighted by Gasteiger charge is 2.57. The maximum Gasteiger partial charge on any atom is 0.339 e. The lowest BCUT2D eigenvalue weighted by Crippen LogP contribution is -2.53. The number of carboxylic acid groups (broad SMARTS) is 1. The predicted molar refractivity (Wildman–Crippen MR) is 137 cm³/mol. The maximum atomic E-state index is 10.3. The Morgan fingerprint density at radius 1 is 0.971 bits per heavy atom. The zero-order chi connectivity index (χ0) is 24.3. The van der Waals surface area contributed by atoms with Crippen molar-refractivity contribution < 1.29 is 15.0 Å². The molecule has 0 spiro atoms. The Kier molecular flexibility index (Phi) is 7.67. The summed E-state index contributed by atoms with van der Waals surface area (Å²) in [6.45, 7) is 9.54. The second kappa shape index (κ2) is 10.5. The molecule has 0 saturated heterocycles. The number of carboxylic acids is 1. The second-order valence-electron chi connectivity index (χ2n) is 11.0.